The number of carboxylic acids is 1. The zero-order chi connectivity index (χ0) is 23.6. The quantitative estimate of drug-likeness (QED) is 0.452. The summed E-state index contributed by atoms with van der Waals surface area (Å²) in [6.07, 6.45) is 2.18. The first-order valence-electron chi connectivity index (χ1n) is 10.5. The Kier molecular flexibility index (Phi) is 6.92. The second kappa shape index (κ2) is 9.70. The molecule has 1 aliphatic rings. The van der Waals surface area contributed by atoms with Crippen molar-refractivity contribution in [1.29, 1.82) is 0 Å². The number of anilines is 2. The maximum atomic E-state index is 14.6. The third-order valence-electron chi connectivity index (χ3n) is 6.14. The molecule has 33 heavy (non-hydrogen) atoms. The van der Waals surface area contributed by atoms with Crippen LogP contribution in [0.25, 0.3) is 0 Å². The van der Waals surface area contributed by atoms with Gasteiger partial charge in [0.05, 0.1) is 16.1 Å². The molecule has 1 saturated heterocycles. The van der Waals surface area contributed by atoms with Crippen LogP contribution >= 0.6 is 22.9 Å². The Morgan fingerprint density at radius 1 is 1.36 bits per heavy atom. The van der Waals surface area contributed by atoms with Crippen LogP contribution in [0.5, 0.6) is 0 Å². The van der Waals surface area contributed by atoms with Crippen LogP contribution in [-0.4, -0.2) is 38.5 Å². The summed E-state index contributed by atoms with van der Waals surface area (Å²) in [4.78, 5) is 22.9. The van der Waals surface area contributed by atoms with Crippen LogP contribution in [0.4, 0.5) is 19.7 Å². The highest BCUT2D eigenvalue weighted by atomic mass is 35.5. The van der Waals surface area contributed by atoms with Gasteiger partial charge in [-0.3, -0.25) is 9.69 Å². The minimum atomic E-state index is -1.17. The van der Waals surface area contributed by atoms with Crippen LogP contribution in [0.3, 0.4) is 0 Å². The number of pyridine rings is 1. The van der Waals surface area contributed by atoms with E-state index in [1.807, 2.05) is 11.8 Å². The number of nitrogens with one attached hydrogen (secondary N) is 1. The van der Waals surface area contributed by atoms with Gasteiger partial charge in [0.1, 0.15) is 17.5 Å². The highest BCUT2D eigenvalue weighted by Crippen LogP contribution is 2.39. The molecule has 0 spiro atoms. The molecule has 0 aliphatic carbocycles. The largest absolute Gasteiger partial charge is 0.481 e. The fourth-order valence-electron chi connectivity index (χ4n) is 4.32. The lowest BCUT2D eigenvalue weighted by Crippen LogP contribution is -2.50. The molecule has 3 aromatic rings. The van der Waals surface area contributed by atoms with Gasteiger partial charge in [0.2, 0.25) is 0 Å². The van der Waals surface area contributed by atoms with Crippen molar-refractivity contribution in [3.05, 3.63) is 69.8 Å². The van der Waals surface area contributed by atoms with Crippen LogP contribution < -0.4 is 5.32 Å². The summed E-state index contributed by atoms with van der Waals surface area (Å²) in [5.41, 5.74) is -0.609. The molecule has 1 aliphatic heterocycles. The lowest BCUT2D eigenvalue weighted by Gasteiger charge is -2.43. The van der Waals surface area contributed by atoms with E-state index >= 15 is 0 Å². The van der Waals surface area contributed by atoms with E-state index in [1.165, 1.54) is 29.5 Å². The van der Waals surface area contributed by atoms with Gasteiger partial charge in [-0.15, -0.1) is 11.3 Å². The zero-order valence-electron chi connectivity index (χ0n) is 17.9. The summed E-state index contributed by atoms with van der Waals surface area (Å²) < 4.78 is 29.0. The van der Waals surface area contributed by atoms with E-state index in [-0.39, 0.29) is 29.6 Å². The molecular weight excluding hydrogens is 470 g/mol. The SMILES string of the molecule is CC1CC(Cc2nc(Nc3nccs3)ccc2F)(C(=O)O)CCN1Cc1cccc(Cl)c1F. The van der Waals surface area contributed by atoms with E-state index in [2.05, 4.69) is 15.3 Å². The van der Waals surface area contributed by atoms with Crippen molar-refractivity contribution >= 4 is 39.9 Å². The van der Waals surface area contributed by atoms with Crippen molar-refractivity contribution in [3.63, 3.8) is 0 Å². The lowest BCUT2D eigenvalue weighted by atomic mass is 9.72. The topological polar surface area (TPSA) is 78.3 Å². The first kappa shape index (κ1) is 23.5. The molecule has 2 atom stereocenters. The monoisotopic (exact) mass is 492 g/mol. The standard InChI is InChI=1S/C23H23ClF2N4O2S/c1-14-11-23(21(31)32,7-9-30(14)13-15-3-2-4-16(24)20(15)26)12-18-17(25)5-6-19(28-18)29-22-27-8-10-33-22/h2-6,8,10,14H,7,9,11-13H2,1H3,(H,31,32)(H,27,28,29). The number of aromatic nitrogens is 2. The predicted molar refractivity (Wildman–Crippen MR) is 124 cm³/mol. The van der Waals surface area contributed by atoms with E-state index in [1.54, 1.807) is 23.7 Å². The van der Waals surface area contributed by atoms with Crippen LogP contribution in [0, 0.1) is 17.0 Å². The van der Waals surface area contributed by atoms with Gasteiger partial charge in [-0.1, -0.05) is 23.7 Å². The summed E-state index contributed by atoms with van der Waals surface area (Å²) in [5.74, 6) is -1.58. The number of carbonyl (C=O) groups is 1. The number of aliphatic carboxylic acids is 1. The van der Waals surface area contributed by atoms with Gasteiger partial charge < -0.3 is 10.4 Å². The molecule has 174 valence electrons. The van der Waals surface area contributed by atoms with Gasteiger partial charge in [0, 0.05) is 36.1 Å². The second-order valence-corrected chi connectivity index (χ2v) is 9.64. The summed E-state index contributed by atoms with van der Waals surface area (Å²) >= 11 is 7.28. The average Bonchev–Trinajstić information content (AvgIpc) is 3.28. The van der Waals surface area contributed by atoms with Crippen molar-refractivity contribution in [2.75, 3.05) is 11.9 Å². The molecule has 0 bridgehead atoms. The Balaban J connectivity index is 1.52. The summed E-state index contributed by atoms with van der Waals surface area (Å²) in [7, 11) is 0. The minimum absolute atomic E-state index is 0.0364. The van der Waals surface area contributed by atoms with Crippen molar-refractivity contribution in [1.82, 2.24) is 14.9 Å². The number of nitrogens with zero attached hydrogens (tertiary/aromatic N) is 3. The number of carboxylic acid groups (broad SMARTS) is 1. The number of likely N-dealkylation sites (tertiary alicyclic amines) is 1. The van der Waals surface area contributed by atoms with Gasteiger partial charge in [0.25, 0.3) is 0 Å². The Morgan fingerprint density at radius 3 is 2.88 bits per heavy atom. The van der Waals surface area contributed by atoms with Crippen molar-refractivity contribution < 1.29 is 18.7 Å². The van der Waals surface area contributed by atoms with Crippen LogP contribution in [0.2, 0.25) is 5.02 Å². The third kappa shape index (κ3) is 5.15. The van der Waals surface area contributed by atoms with Gasteiger partial charge in [-0.25, -0.2) is 18.7 Å². The van der Waals surface area contributed by atoms with Crippen LogP contribution in [-0.2, 0) is 17.8 Å². The smallest absolute Gasteiger partial charge is 0.310 e. The molecule has 0 radical (unpaired) electrons. The second-order valence-electron chi connectivity index (χ2n) is 8.34. The third-order valence-corrected chi connectivity index (χ3v) is 7.12. The van der Waals surface area contributed by atoms with Crippen LogP contribution in [0.1, 0.15) is 31.0 Å². The molecule has 4 rings (SSSR count). The summed E-state index contributed by atoms with van der Waals surface area (Å²) in [6, 6.07) is 7.49. The number of halogens is 3. The maximum Gasteiger partial charge on any atom is 0.310 e. The molecule has 10 heteroatoms. The fourth-order valence-corrected chi connectivity index (χ4v) is 5.05. The molecular formula is C23H23ClF2N4O2S. The number of piperidine rings is 1. The average molecular weight is 493 g/mol. The van der Waals surface area contributed by atoms with E-state index in [9.17, 15) is 18.7 Å². The molecule has 1 aromatic carbocycles. The van der Waals surface area contributed by atoms with Crippen LogP contribution in [0.15, 0.2) is 41.9 Å². The van der Waals surface area contributed by atoms with E-state index in [0.29, 0.717) is 36.0 Å². The van der Waals surface area contributed by atoms with Crippen molar-refractivity contribution in [2.45, 2.75) is 38.8 Å². The van der Waals surface area contributed by atoms with Gasteiger partial charge in [-0.05, 0) is 44.5 Å². The molecule has 0 saturated carbocycles. The molecule has 2 N–H and O–H groups in total. The molecule has 6 nitrogen and oxygen atoms in total. The Labute approximate surface area is 199 Å². The first-order valence-corrected chi connectivity index (χ1v) is 11.8. The Bertz CT molecular complexity index is 1150. The van der Waals surface area contributed by atoms with Gasteiger partial charge >= 0.3 is 5.97 Å². The Morgan fingerprint density at radius 2 is 2.18 bits per heavy atom. The van der Waals surface area contributed by atoms with Gasteiger partial charge in [-0.2, -0.15) is 0 Å². The normalized spacial score (nSPS) is 21.2. The molecule has 2 aromatic heterocycles. The zero-order valence-corrected chi connectivity index (χ0v) is 19.5. The number of hydrogen-bond acceptors (Lipinski definition) is 6. The minimum Gasteiger partial charge on any atom is -0.481 e. The highest BCUT2D eigenvalue weighted by molar-refractivity contribution is 7.13. The highest BCUT2D eigenvalue weighted by Gasteiger charge is 2.45. The first-order chi connectivity index (χ1) is 15.8. The lowest BCUT2D eigenvalue weighted by molar-refractivity contribution is -0.153. The van der Waals surface area contributed by atoms with Crippen molar-refractivity contribution in [2.24, 2.45) is 5.41 Å². The molecule has 1 fully saturated rings. The fraction of sp³-hybridized carbons (Fsp3) is 0.348. The molecule has 2 unspecified atom stereocenters. The number of rotatable bonds is 7. The van der Waals surface area contributed by atoms with E-state index < -0.39 is 23.0 Å². The molecule has 0 amide bonds. The summed E-state index contributed by atoms with van der Waals surface area (Å²) in [5, 5.41) is 15.6. The Hall–Kier alpha value is -2.62. The predicted octanol–water partition coefficient (Wildman–Crippen LogP) is 5.51. The van der Waals surface area contributed by atoms with Crippen molar-refractivity contribution in [3.8, 4) is 0 Å². The number of thiazole rings is 1. The van der Waals surface area contributed by atoms with E-state index in [4.69, 9.17) is 11.6 Å². The molecule has 3 heterocycles. The number of hydrogen-bond donors (Lipinski definition) is 2. The van der Waals surface area contributed by atoms with E-state index in [0.717, 1.165) is 0 Å². The van der Waals surface area contributed by atoms with Gasteiger partial charge in [0.15, 0.2) is 5.13 Å². The maximum absolute atomic E-state index is 14.6. The summed E-state index contributed by atoms with van der Waals surface area (Å²) in [6.45, 7) is 2.66. The number of benzene rings is 1.